The first-order chi connectivity index (χ1) is 7.36. The minimum absolute atomic E-state index is 0.377. The molecule has 0 aliphatic carbocycles. The molecule has 15 heavy (non-hydrogen) atoms. The Hall–Kier alpha value is -1.42. The van der Waals surface area contributed by atoms with Gasteiger partial charge in [-0.3, -0.25) is 4.40 Å². The lowest BCUT2D eigenvalue weighted by Crippen LogP contribution is -2.15. The summed E-state index contributed by atoms with van der Waals surface area (Å²) < 4.78 is 2.10. The number of nitrogens with zero attached hydrogens (tertiary/aromatic N) is 3. The number of nitrogens with one attached hydrogen (secondary N) is 1. The molecule has 3 rings (SSSR count). The van der Waals surface area contributed by atoms with Gasteiger partial charge in [0, 0.05) is 6.20 Å². The number of pyridine rings is 1. The summed E-state index contributed by atoms with van der Waals surface area (Å²) in [6.45, 7) is 3.15. The fourth-order valence-corrected chi connectivity index (χ4v) is 2.21. The van der Waals surface area contributed by atoms with E-state index >= 15 is 0 Å². The van der Waals surface area contributed by atoms with Gasteiger partial charge in [0.2, 0.25) is 0 Å². The Bertz CT molecular complexity index is 482. The average Bonchev–Trinajstić information content (AvgIpc) is 2.85. The summed E-state index contributed by atoms with van der Waals surface area (Å²) in [5.41, 5.74) is 2.15. The molecule has 0 saturated carbocycles. The predicted molar refractivity (Wildman–Crippen MR) is 57.7 cm³/mol. The van der Waals surface area contributed by atoms with Crippen LogP contribution in [0.25, 0.3) is 5.65 Å². The Labute approximate surface area is 88.3 Å². The van der Waals surface area contributed by atoms with Gasteiger partial charge in [-0.2, -0.15) is 0 Å². The molecule has 1 aliphatic rings. The summed E-state index contributed by atoms with van der Waals surface area (Å²) in [6, 6.07) is 4.49. The molecular weight excluding hydrogens is 188 g/mol. The van der Waals surface area contributed by atoms with E-state index in [-0.39, 0.29) is 0 Å². The highest BCUT2D eigenvalue weighted by Crippen LogP contribution is 2.22. The molecule has 4 nitrogen and oxygen atoms in total. The van der Waals surface area contributed by atoms with Gasteiger partial charge in [-0.25, -0.2) is 0 Å². The van der Waals surface area contributed by atoms with E-state index in [0.717, 1.165) is 24.4 Å². The van der Waals surface area contributed by atoms with E-state index in [1.54, 1.807) is 0 Å². The van der Waals surface area contributed by atoms with E-state index in [2.05, 4.69) is 32.9 Å². The largest absolute Gasteiger partial charge is 0.307 e. The van der Waals surface area contributed by atoms with Crippen LogP contribution in [0.5, 0.6) is 0 Å². The van der Waals surface area contributed by atoms with Crippen molar-refractivity contribution >= 4 is 5.65 Å². The number of aryl methyl sites for hydroxylation is 1. The molecule has 2 aromatic rings. The van der Waals surface area contributed by atoms with Crippen molar-refractivity contribution in [3.05, 3.63) is 29.7 Å². The lowest BCUT2D eigenvalue weighted by atomic mass is 10.2. The molecule has 0 bridgehead atoms. The summed E-state index contributed by atoms with van der Waals surface area (Å²) in [4.78, 5) is 0. The predicted octanol–water partition coefficient (Wildman–Crippen LogP) is 1.46. The van der Waals surface area contributed by atoms with Gasteiger partial charge < -0.3 is 5.32 Å². The van der Waals surface area contributed by atoms with Crippen molar-refractivity contribution in [1.82, 2.24) is 19.9 Å². The molecule has 0 radical (unpaired) electrons. The van der Waals surface area contributed by atoms with Crippen LogP contribution in [-0.4, -0.2) is 21.1 Å². The molecule has 3 heterocycles. The first-order valence-electron chi connectivity index (χ1n) is 5.40. The molecule has 1 fully saturated rings. The molecule has 1 saturated heterocycles. The highest BCUT2D eigenvalue weighted by molar-refractivity contribution is 5.46. The third-order valence-corrected chi connectivity index (χ3v) is 3.03. The second kappa shape index (κ2) is 3.31. The Morgan fingerprint density at radius 2 is 2.40 bits per heavy atom. The second-order valence-corrected chi connectivity index (χ2v) is 4.09. The van der Waals surface area contributed by atoms with E-state index < -0.39 is 0 Å². The Balaban J connectivity index is 2.15. The van der Waals surface area contributed by atoms with E-state index in [1.807, 2.05) is 12.3 Å². The van der Waals surface area contributed by atoms with Crippen LogP contribution in [0.3, 0.4) is 0 Å². The average molecular weight is 202 g/mol. The molecule has 1 N–H and O–H groups in total. The Morgan fingerprint density at radius 3 is 3.20 bits per heavy atom. The molecule has 0 amide bonds. The maximum atomic E-state index is 4.29. The van der Waals surface area contributed by atoms with Crippen molar-refractivity contribution in [1.29, 1.82) is 0 Å². The number of rotatable bonds is 1. The molecule has 1 atom stereocenters. The molecule has 2 aromatic heterocycles. The van der Waals surface area contributed by atoms with E-state index in [4.69, 9.17) is 0 Å². The number of aromatic nitrogens is 3. The van der Waals surface area contributed by atoms with Gasteiger partial charge in [0.05, 0.1) is 6.04 Å². The molecule has 0 aromatic carbocycles. The normalized spacial score (nSPS) is 21.3. The molecule has 4 heteroatoms. The van der Waals surface area contributed by atoms with Gasteiger partial charge in [-0.15, -0.1) is 10.2 Å². The lowest BCUT2D eigenvalue weighted by molar-refractivity contribution is 0.598. The molecular formula is C11H14N4. The van der Waals surface area contributed by atoms with Crippen LogP contribution in [0.1, 0.15) is 30.3 Å². The van der Waals surface area contributed by atoms with Crippen LogP contribution in [-0.2, 0) is 0 Å². The third kappa shape index (κ3) is 1.33. The summed E-state index contributed by atoms with van der Waals surface area (Å²) in [6.07, 6.45) is 4.43. The first kappa shape index (κ1) is 8.85. The highest BCUT2D eigenvalue weighted by atomic mass is 15.3. The topological polar surface area (TPSA) is 42.2 Å². The van der Waals surface area contributed by atoms with Crippen molar-refractivity contribution in [2.45, 2.75) is 25.8 Å². The van der Waals surface area contributed by atoms with Gasteiger partial charge in [0.15, 0.2) is 11.5 Å². The van der Waals surface area contributed by atoms with Gasteiger partial charge in [-0.05, 0) is 37.9 Å². The van der Waals surface area contributed by atoms with Crippen molar-refractivity contribution < 1.29 is 0 Å². The van der Waals surface area contributed by atoms with Crippen LogP contribution in [0.15, 0.2) is 18.3 Å². The SMILES string of the molecule is Cc1cccn2c(C3CCCN3)nnc12. The summed E-state index contributed by atoms with van der Waals surface area (Å²) >= 11 is 0. The van der Waals surface area contributed by atoms with Crippen LogP contribution < -0.4 is 5.32 Å². The number of hydrogen-bond acceptors (Lipinski definition) is 3. The molecule has 1 aliphatic heterocycles. The zero-order valence-electron chi connectivity index (χ0n) is 8.77. The zero-order chi connectivity index (χ0) is 10.3. The number of hydrogen-bond donors (Lipinski definition) is 1. The van der Waals surface area contributed by atoms with Gasteiger partial charge >= 0.3 is 0 Å². The molecule has 0 spiro atoms. The maximum Gasteiger partial charge on any atom is 0.163 e. The van der Waals surface area contributed by atoms with Crippen molar-refractivity contribution in [2.75, 3.05) is 6.54 Å². The van der Waals surface area contributed by atoms with Gasteiger partial charge in [-0.1, -0.05) is 6.07 Å². The van der Waals surface area contributed by atoms with Crippen molar-refractivity contribution in [3.8, 4) is 0 Å². The van der Waals surface area contributed by atoms with Gasteiger partial charge in [0.25, 0.3) is 0 Å². The van der Waals surface area contributed by atoms with E-state index in [9.17, 15) is 0 Å². The monoisotopic (exact) mass is 202 g/mol. The van der Waals surface area contributed by atoms with E-state index in [1.165, 1.54) is 12.0 Å². The molecule has 78 valence electrons. The Morgan fingerprint density at radius 1 is 1.47 bits per heavy atom. The third-order valence-electron chi connectivity index (χ3n) is 3.03. The summed E-state index contributed by atoms with van der Waals surface area (Å²) in [5.74, 6) is 1.05. The van der Waals surface area contributed by atoms with Crippen LogP contribution in [0, 0.1) is 6.92 Å². The smallest absolute Gasteiger partial charge is 0.163 e. The minimum Gasteiger partial charge on any atom is -0.307 e. The maximum absolute atomic E-state index is 4.29. The fraction of sp³-hybridized carbons (Fsp3) is 0.455. The summed E-state index contributed by atoms with van der Waals surface area (Å²) in [7, 11) is 0. The van der Waals surface area contributed by atoms with Crippen molar-refractivity contribution in [2.24, 2.45) is 0 Å². The van der Waals surface area contributed by atoms with Crippen LogP contribution >= 0.6 is 0 Å². The van der Waals surface area contributed by atoms with Crippen LogP contribution in [0.4, 0.5) is 0 Å². The second-order valence-electron chi connectivity index (χ2n) is 4.09. The standard InChI is InChI=1S/C11H14N4/c1-8-4-3-7-15-10(8)13-14-11(15)9-5-2-6-12-9/h3-4,7,9,12H,2,5-6H2,1H3. The first-order valence-corrected chi connectivity index (χ1v) is 5.40. The lowest BCUT2D eigenvalue weighted by Gasteiger charge is -2.07. The number of fused-ring (bicyclic) bond motifs is 1. The zero-order valence-corrected chi connectivity index (χ0v) is 8.77. The van der Waals surface area contributed by atoms with E-state index in [0.29, 0.717) is 6.04 Å². The Kier molecular flexibility index (Phi) is 1.95. The van der Waals surface area contributed by atoms with Crippen LogP contribution in [0.2, 0.25) is 0 Å². The molecule has 1 unspecified atom stereocenters. The quantitative estimate of drug-likeness (QED) is 0.761. The van der Waals surface area contributed by atoms with Gasteiger partial charge in [0.1, 0.15) is 0 Å². The minimum atomic E-state index is 0.377. The summed E-state index contributed by atoms with van der Waals surface area (Å²) in [5, 5.41) is 12.0. The fourth-order valence-electron chi connectivity index (χ4n) is 2.21. The van der Waals surface area contributed by atoms with Crippen molar-refractivity contribution in [3.63, 3.8) is 0 Å². The highest BCUT2D eigenvalue weighted by Gasteiger charge is 2.21.